The highest BCUT2D eigenvalue weighted by molar-refractivity contribution is 5.79. The molecular formula is C20H14N4O. The van der Waals surface area contributed by atoms with Gasteiger partial charge in [-0.15, -0.1) is 0 Å². The van der Waals surface area contributed by atoms with Crippen molar-refractivity contribution in [2.75, 3.05) is 0 Å². The Morgan fingerprint density at radius 1 is 1.08 bits per heavy atom. The minimum atomic E-state index is -0.221. The smallest absolute Gasteiger partial charge is 0.258 e. The Balaban J connectivity index is 1.64. The maximum Gasteiger partial charge on any atom is 0.258 e. The Morgan fingerprint density at radius 2 is 1.84 bits per heavy atom. The van der Waals surface area contributed by atoms with Gasteiger partial charge in [0.05, 0.1) is 22.5 Å². The fourth-order valence-electron chi connectivity index (χ4n) is 2.83. The molecule has 5 nitrogen and oxygen atoms in total. The summed E-state index contributed by atoms with van der Waals surface area (Å²) in [5.74, 6) is 0.607. The first-order valence-electron chi connectivity index (χ1n) is 7.88. The summed E-state index contributed by atoms with van der Waals surface area (Å²) >= 11 is 0. The number of rotatable bonds is 3. The number of hydrogen-bond donors (Lipinski definition) is 1. The minimum absolute atomic E-state index is 0.221. The molecule has 1 N–H and O–H groups in total. The molecule has 0 radical (unpaired) electrons. The Kier molecular flexibility index (Phi) is 3.64. The highest BCUT2D eigenvalue weighted by atomic mass is 16.1. The Hall–Kier alpha value is -3.65. The number of nitrogens with one attached hydrogen (secondary N) is 1. The van der Waals surface area contributed by atoms with Crippen molar-refractivity contribution in [1.29, 1.82) is 5.26 Å². The van der Waals surface area contributed by atoms with Crippen molar-refractivity contribution in [2.24, 2.45) is 0 Å². The summed E-state index contributed by atoms with van der Waals surface area (Å²) in [6.45, 7) is 0. The van der Waals surface area contributed by atoms with Crippen molar-refractivity contribution in [3.8, 4) is 11.8 Å². The fraction of sp³-hybridized carbons (Fsp3) is 0.0500. The molecule has 5 heteroatoms. The highest BCUT2D eigenvalue weighted by Gasteiger charge is 2.06. The van der Waals surface area contributed by atoms with Crippen LogP contribution in [-0.4, -0.2) is 14.5 Å². The SMILES string of the molecule is N#Cc1ccc2nc(Cc3ccc(-n4cccc4)cc3)[nH]c(=O)c2c1. The zero-order valence-corrected chi connectivity index (χ0v) is 13.3. The molecule has 0 saturated carbocycles. The van der Waals surface area contributed by atoms with Gasteiger partial charge in [-0.2, -0.15) is 5.26 Å². The van der Waals surface area contributed by atoms with Crippen molar-refractivity contribution in [1.82, 2.24) is 14.5 Å². The molecule has 0 bridgehead atoms. The normalized spacial score (nSPS) is 10.7. The van der Waals surface area contributed by atoms with Crippen molar-refractivity contribution in [3.05, 3.63) is 94.3 Å². The van der Waals surface area contributed by atoms with Crippen LogP contribution in [0.4, 0.5) is 0 Å². The fourth-order valence-corrected chi connectivity index (χ4v) is 2.83. The van der Waals surface area contributed by atoms with Crippen LogP contribution < -0.4 is 5.56 Å². The van der Waals surface area contributed by atoms with Gasteiger partial charge in [-0.25, -0.2) is 4.98 Å². The lowest BCUT2D eigenvalue weighted by Crippen LogP contribution is -2.12. The summed E-state index contributed by atoms with van der Waals surface area (Å²) < 4.78 is 2.03. The predicted molar refractivity (Wildman–Crippen MR) is 95.7 cm³/mol. The first kappa shape index (κ1) is 14.9. The second-order valence-corrected chi connectivity index (χ2v) is 5.79. The number of nitriles is 1. The van der Waals surface area contributed by atoms with Crippen molar-refractivity contribution < 1.29 is 0 Å². The summed E-state index contributed by atoms with van der Waals surface area (Å²) in [5.41, 5.74) is 2.97. The van der Waals surface area contributed by atoms with Crippen LogP contribution in [0.15, 0.2) is 71.8 Å². The van der Waals surface area contributed by atoms with Gasteiger partial charge in [0.1, 0.15) is 5.82 Å². The molecule has 4 aromatic rings. The van der Waals surface area contributed by atoms with Crippen LogP contribution in [0.1, 0.15) is 17.0 Å². The van der Waals surface area contributed by atoms with E-state index in [2.05, 4.69) is 9.97 Å². The van der Waals surface area contributed by atoms with Crippen molar-refractivity contribution in [3.63, 3.8) is 0 Å². The number of hydrogen-bond acceptors (Lipinski definition) is 3. The van der Waals surface area contributed by atoms with E-state index in [0.717, 1.165) is 11.3 Å². The van der Waals surface area contributed by atoms with Gasteiger partial charge in [0, 0.05) is 24.5 Å². The van der Waals surface area contributed by atoms with Gasteiger partial charge >= 0.3 is 0 Å². The van der Waals surface area contributed by atoms with Gasteiger partial charge in [0.15, 0.2) is 0 Å². The third kappa shape index (κ3) is 2.93. The van der Waals surface area contributed by atoms with Crippen LogP contribution in [0.2, 0.25) is 0 Å². The molecule has 0 amide bonds. The number of H-pyrrole nitrogens is 1. The number of benzene rings is 2. The number of aromatic nitrogens is 3. The number of aromatic amines is 1. The van der Waals surface area contributed by atoms with E-state index in [1.165, 1.54) is 0 Å². The summed E-state index contributed by atoms with van der Waals surface area (Å²) in [5, 5.41) is 9.38. The lowest BCUT2D eigenvalue weighted by Gasteiger charge is -2.06. The maximum atomic E-state index is 12.3. The molecular weight excluding hydrogens is 312 g/mol. The molecule has 25 heavy (non-hydrogen) atoms. The van der Waals surface area contributed by atoms with E-state index in [0.29, 0.717) is 28.7 Å². The molecule has 0 spiro atoms. The number of fused-ring (bicyclic) bond motifs is 1. The van der Waals surface area contributed by atoms with Crippen molar-refractivity contribution >= 4 is 10.9 Å². The van der Waals surface area contributed by atoms with Gasteiger partial charge in [-0.1, -0.05) is 12.1 Å². The second kappa shape index (κ2) is 6.10. The van der Waals surface area contributed by atoms with Crippen molar-refractivity contribution in [2.45, 2.75) is 6.42 Å². The molecule has 0 aliphatic carbocycles. The van der Waals surface area contributed by atoms with Crippen LogP contribution in [0.5, 0.6) is 0 Å². The average Bonchev–Trinajstić information content (AvgIpc) is 3.17. The van der Waals surface area contributed by atoms with Gasteiger partial charge in [-0.3, -0.25) is 4.79 Å². The molecule has 0 saturated heterocycles. The van der Waals surface area contributed by atoms with E-state index in [1.807, 2.05) is 59.4 Å². The predicted octanol–water partition coefficient (Wildman–Crippen LogP) is 3.18. The van der Waals surface area contributed by atoms with E-state index in [1.54, 1.807) is 18.2 Å². The average molecular weight is 326 g/mol. The molecule has 0 fully saturated rings. The molecule has 0 unspecified atom stereocenters. The van der Waals surface area contributed by atoms with E-state index >= 15 is 0 Å². The lowest BCUT2D eigenvalue weighted by molar-refractivity contribution is 0.970. The minimum Gasteiger partial charge on any atom is -0.324 e. The summed E-state index contributed by atoms with van der Waals surface area (Å²) in [6, 6.07) is 19.1. The van der Waals surface area contributed by atoms with Crippen LogP contribution in [0, 0.1) is 11.3 Å². The third-order valence-electron chi connectivity index (χ3n) is 4.09. The summed E-state index contributed by atoms with van der Waals surface area (Å²) in [7, 11) is 0. The van der Waals surface area contributed by atoms with E-state index in [-0.39, 0.29) is 5.56 Å². The van der Waals surface area contributed by atoms with Gasteiger partial charge < -0.3 is 9.55 Å². The molecule has 2 heterocycles. The molecule has 2 aromatic heterocycles. The summed E-state index contributed by atoms with van der Waals surface area (Å²) in [6.07, 6.45) is 4.52. The van der Waals surface area contributed by atoms with E-state index in [4.69, 9.17) is 5.26 Å². The molecule has 0 aliphatic rings. The number of nitrogens with zero attached hydrogens (tertiary/aromatic N) is 3. The van der Waals surface area contributed by atoms with Crippen LogP contribution in [-0.2, 0) is 6.42 Å². The Bertz CT molecular complexity index is 1130. The van der Waals surface area contributed by atoms with Crippen LogP contribution >= 0.6 is 0 Å². The zero-order chi connectivity index (χ0) is 17.2. The first-order valence-corrected chi connectivity index (χ1v) is 7.88. The van der Waals surface area contributed by atoms with Gasteiger partial charge in [0.2, 0.25) is 0 Å². The molecule has 2 aromatic carbocycles. The van der Waals surface area contributed by atoms with Crippen LogP contribution in [0.25, 0.3) is 16.6 Å². The first-order chi connectivity index (χ1) is 12.2. The summed E-state index contributed by atoms with van der Waals surface area (Å²) in [4.78, 5) is 19.6. The van der Waals surface area contributed by atoms with Gasteiger partial charge in [0.25, 0.3) is 5.56 Å². The lowest BCUT2D eigenvalue weighted by atomic mass is 10.1. The molecule has 0 atom stereocenters. The van der Waals surface area contributed by atoms with E-state index < -0.39 is 0 Å². The second-order valence-electron chi connectivity index (χ2n) is 5.79. The largest absolute Gasteiger partial charge is 0.324 e. The zero-order valence-electron chi connectivity index (χ0n) is 13.3. The molecule has 120 valence electrons. The van der Waals surface area contributed by atoms with Gasteiger partial charge in [-0.05, 0) is 48.0 Å². The van der Waals surface area contributed by atoms with Crippen LogP contribution in [0.3, 0.4) is 0 Å². The monoisotopic (exact) mass is 326 g/mol. The Labute approximate surface area is 143 Å². The topological polar surface area (TPSA) is 74.5 Å². The standard InChI is InChI=1S/C20H14N4O/c21-13-15-5-8-18-17(11-15)20(25)23-19(22-18)12-14-3-6-16(7-4-14)24-9-1-2-10-24/h1-11H,12H2,(H,22,23,25). The third-order valence-corrected chi connectivity index (χ3v) is 4.09. The highest BCUT2D eigenvalue weighted by Crippen LogP contribution is 2.14. The Morgan fingerprint density at radius 3 is 2.56 bits per heavy atom. The molecule has 4 rings (SSSR count). The maximum absolute atomic E-state index is 12.3. The molecule has 0 aliphatic heterocycles. The quantitative estimate of drug-likeness (QED) is 0.628. The van der Waals surface area contributed by atoms with E-state index in [9.17, 15) is 4.79 Å².